The van der Waals surface area contributed by atoms with Gasteiger partial charge in [-0.05, 0) is 32.0 Å². The van der Waals surface area contributed by atoms with Gasteiger partial charge < -0.3 is 5.32 Å². The van der Waals surface area contributed by atoms with E-state index in [4.69, 9.17) is 5.26 Å². The first-order valence-electron chi connectivity index (χ1n) is 6.23. The topological polar surface area (TPSA) is 83.1 Å². The van der Waals surface area contributed by atoms with Gasteiger partial charge in [0.25, 0.3) is 5.91 Å². The smallest absolute Gasteiger partial charge is 0.267 e. The summed E-state index contributed by atoms with van der Waals surface area (Å²) in [6.07, 6.45) is 0. The number of hydrogen-bond donors (Lipinski definition) is 1. The second kappa shape index (κ2) is 5.00. The number of fused-ring (bicyclic) bond motifs is 1. The number of aromatic nitrogens is 3. The highest BCUT2D eigenvalue weighted by Gasteiger charge is 2.18. The fraction of sp³-hybridized carbons (Fsp3) is 0.143. The Kier molecular flexibility index (Phi) is 3.16. The van der Waals surface area contributed by atoms with Crippen molar-refractivity contribution in [3.05, 3.63) is 46.2 Å². The van der Waals surface area contributed by atoms with Gasteiger partial charge in [0.05, 0.1) is 11.6 Å². The average Bonchev–Trinajstić information content (AvgIpc) is 3.00. The molecule has 0 unspecified atom stereocenters. The maximum atomic E-state index is 12.4. The predicted molar refractivity (Wildman–Crippen MR) is 79.4 cm³/mol. The molecule has 0 saturated heterocycles. The van der Waals surface area contributed by atoms with Gasteiger partial charge in [0, 0.05) is 11.4 Å². The average molecular weight is 297 g/mol. The molecule has 1 N–H and O–H groups in total. The van der Waals surface area contributed by atoms with Crippen LogP contribution < -0.4 is 5.32 Å². The molecule has 0 aliphatic heterocycles. The van der Waals surface area contributed by atoms with Crippen molar-refractivity contribution in [3.8, 4) is 6.07 Å². The highest BCUT2D eigenvalue weighted by atomic mass is 32.1. The SMILES string of the molecule is Cc1nnc2sc(C(=O)Nc3cccc(C#N)c3)c(C)n12. The third kappa shape index (κ3) is 2.26. The Morgan fingerprint density at radius 2 is 2.19 bits per heavy atom. The lowest BCUT2D eigenvalue weighted by atomic mass is 10.2. The van der Waals surface area contributed by atoms with Crippen molar-refractivity contribution < 1.29 is 4.79 Å². The fourth-order valence-electron chi connectivity index (χ4n) is 2.13. The van der Waals surface area contributed by atoms with Crippen LogP contribution in [0.15, 0.2) is 24.3 Å². The number of amides is 1. The van der Waals surface area contributed by atoms with Crippen LogP contribution >= 0.6 is 11.3 Å². The van der Waals surface area contributed by atoms with Gasteiger partial charge in [0.2, 0.25) is 4.96 Å². The Labute approximate surface area is 124 Å². The summed E-state index contributed by atoms with van der Waals surface area (Å²) in [6.45, 7) is 3.71. The van der Waals surface area contributed by atoms with E-state index in [9.17, 15) is 4.79 Å². The zero-order chi connectivity index (χ0) is 15.0. The highest BCUT2D eigenvalue weighted by molar-refractivity contribution is 7.19. The molecule has 0 radical (unpaired) electrons. The molecule has 104 valence electrons. The van der Waals surface area contributed by atoms with E-state index in [2.05, 4.69) is 15.5 Å². The van der Waals surface area contributed by atoms with E-state index in [0.29, 0.717) is 21.1 Å². The van der Waals surface area contributed by atoms with Gasteiger partial charge in [-0.2, -0.15) is 5.26 Å². The molecule has 0 saturated carbocycles. The number of thiazole rings is 1. The summed E-state index contributed by atoms with van der Waals surface area (Å²) >= 11 is 1.29. The number of rotatable bonds is 2. The largest absolute Gasteiger partial charge is 0.321 e. The second-order valence-electron chi connectivity index (χ2n) is 4.53. The monoisotopic (exact) mass is 297 g/mol. The third-order valence-corrected chi connectivity index (χ3v) is 4.24. The summed E-state index contributed by atoms with van der Waals surface area (Å²) in [5, 5.41) is 19.7. The molecule has 0 fully saturated rings. The molecule has 7 heteroatoms. The first-order valence-corrected chi connectivity index (χ1v) is 7.04. The first kappa shape index (κ1) is 13.3. The summed E-state index contributed by atoms with van der Waals surface area (Å²) < 4.78 is 1.85. The normalized spacial score (nSPS) is 10.5. The van der Waals surface area contributed by atoms with Crippen LogP contribution in [0, 0.1) is 25.2 Å². The van der Waals surface area contributed by atoms with E-state index in [1.54, 1.807) is 24.3 Å². The number of carbonyl (C=O) groups is 1. The van der Waals surface area contributed by atoms with E-state index in [1.807, 2.05) is 24.3 Å². The van der Waals surface area contributed by atoms with Crippen molar-refractivity contribution in [2.24, 2.45) is 0 Å². The molecule has 0 aliphatic carbocycles. The van der Waals surface area contributed by atoms with Crippen molar-refractivity contribution >= 4 is 27.9 Å². The zero-order valence-electron chi connectivity index (χ0n) is 11.4. The maximum Gasteiger partial charge on any atom is 0.267 e. The Balaban J connectivity index is 1.93. The van der Waals surface area contributed by atoms with Crippen LogP contribution in [0.1, 0.15) is 26.8 Å². The molecule has 0 aliphatic rings. The van der Waals surface area contributed by atoms with Gasteiger partial charge in [-0.15, -0.1) is 10.2 Å². The van der Waals surface area contributed by atoms with E-state index in [1.165, 1.54) is 11.3 Å². The number of anilines is 1. The van der Waals surface area contributed by atoms with Crippen molar-refractivity contribution in [1.82, 2.24) is 14.6 Å². The van der Waals surface area contributed by atoms with Gasteiger partial charge in [0.15, 0.2) is 0 Å². The number of nitrogens with zero attached hydrogens (tertiary/aromatic N) is 4. The Morgan fingerprint density at radius 1 is 1.38 bits per heavy atom. The predicted octanol–water partition coefficient (Wildman–Crippen LogP) is 2.53. The van der Waals surface area contributed by atoms with Gasteiger partial charge in [-0.1, -0.05) is 17.4 Å². The molecule has 0 bridgehead atoms. The summed E-state index contributed by atoms with van der Waals surface area (Å²) in [5.74, 6) is 0.543. The number of nitrogens with one attached hydrogen (secondary N) is 1. The standard InChI is InChI=1S/C14H11N5OS/c1-8-12(21-14-18-17-9(2)19(8)14)13(20)16-11-5-3-4-10(6-11)7-15/h3-6H,1-2H3,(H,16,20). The van der Waals surface area contributed by atoms with Crippen LogP contribution in [0.5, 0.6) is 0 Å². The Bertz CT molecular complexity index is 887. The molecule has 3 aromatic rings. The van der Waals surface area contributed by atoms with E-state index >= 15 is 0 Å². The molecule has 0 atom stereocenters. The minimum atomic E-state index is -0.211. The van der Waals surface area contributed by atoms with Gasteiger partial charge in [-0.3, -0.25) is 9.20 Å². The van der Waals surface area contributed by atoms with Gasteiger partial charge in [0.1, 0.15) is 10.7 Å². The van der Waals surface area contributed by atoms with Crippen LogP contribution in [-0.2, 0) is 0 Å². The van der Waals surface area contributed by atoms with Crippen LogP contribution in [0.2, 0.25) is 0 Å². The van der Waals surface area contributed by atoms with Gasteiger partial charge >= 0.3 is 0 Å². The lowest BCUT2D eigenvalue weighted by Gasteiger charge is -2.04. The minimum Gasteiger partial charge on any atom is -0.321 e. The fourth-order valence-corrected chi connectivity index (χ4v) is 3.13. The van der Waals surface area contributed by atoms with Gasteiger partial charge in [-0.25, -0.2) is 0 Å². The summed E-state index contributed by atoms with van der Waals surface area (Å²) in [5.41, 5.74) is 1.91. The summed E-state index contributed by atoms with van der Waals surface area (Å²) in [4.78, 5) is 13.7. The van der Waals surface area contributed by atoms with Crippen molar-refractivity contribution in [3.63, 3.8) is 0 Å². The molecule has 6 nitrogen and oxygen atoms in total. The van der Waals surface area contributed by atoms with E-state index in [-0.39, 0.29) is 5.91 Å². The lowest BCUT2D eigenvalue weighted by molar-refractivity contribution is 0.102. The number of nitriles is 1. The van der Waals surface area contributed by atoms with Crippen molar-refractivity contribution in [2.45, 2.75) is 13.8 Å². The van der Waals surface area contributed by atoms with E-state index < -0.39 is 0 Å². The number of hydrogen-bond acceptors (Lipinski definition) is 5. The molecule has 2 aromatic heterocycles. The lowest BCUT2D eigenvalue weighted by Crippen LogP contribution is -2.12. The van der Waals surface area contributed by atoms with Crippen LogP contribution in [0.25, 0.3) is 4.96 Å². The van der Waals surface area contributed by atoms with Crippen molar-refractivity contribution in [2.75, 3.05) is 5.32 Å². The first-order chi connectivity index (χ1) is 10.1. The number of carbonyl (C=O) groups excluding carboxylic acids is 1. The molecule has 1 amide bonds. The molecule has 0 spiro atoms. The Hall–Kier alpha value is -2.72. The molecular formula is C14H11N5OS. The van der Waals surface area contributed by atoms with Crippen LogP contribution in [0.3, 0.4) is 0 Å². The highest BCUT2D eigenvalue weighted by Crippen LogP contribution is 2.23. The molecule has 3 rings (SSSR count). The van der Waals surface area contributed by atoms with Crippen molar-refractivity contribution in [1.29, 1.82) is 5.26 Å². The maximum absolute atomic E-state index is 12.4. The van der Waals surface area contributed by atoms with Crippen LogP contribution in [-0.4, -0.2) is 20.5 Å². The molecule has 21 heavy (non-hydrogen) atoms. The minimum absolute atomic E-state index is 0.211. The molecule has 1 aromatic carbocycles. The third-order valence-electron chi connectivity index (χ3n) is 3.11. The summed E-state index contributed by atoms with van der Waals surface area (Å²) in [6, 6.07) is 8.85. The van der Waals surface area contributed by atoms with E-state index in [0.717, 1.165) is 11.5 Å². The summed E-state index contributed by atoms with van der Waals surface area (Å²) in [7, 11) is 0. The zero-order valence-corrected chi connectivity index (χ0v) is 12.2. The Morgan fingerprint density at radius 3 is 2.90 bits per heavy atom. The quantitative estimate of drug-likeness (QED) is 0.788. The van der Waals surface area contributed by atoms with Crippen LogP contribution in [0.4, 0.5) is 5.69 Å². The second-order valence-corrected chi connectivity index (χ2v) is 5.51. The molecule has 2 heterocycles. The number of benzene rings is 1. The number of aryl methyl sites for hydroxylation is 2. The molecular weight excluding hydrogens is 286 g/mol.